The fraction of sp³-hybridized carbons (Fsp3) is 0.125. The molecule has 1 aromatic rings. The van der Waals surface area contributed by atoms with E-state index in [1.54, 1.807) is 0 Å². The highest BCUT2D eigenvalue weighted by Crippen LogP contribution is 2.13. The third-order valence-electron chi connectivity index (χ3n) is 1.06. The molecular weight excluding hydrogens is 176 g/mol. The van der Waals surface area contributed by atoms with Crippen molar-refractivity contribution in [3.05, 3.63) is 34.8 Å². The molecule has 0 heterocycles. The van der Waals surface area contributed by atoms with Gasteiger partial charge in [0.05, 0.1) is 6.85 Å². The molecule has 0 aliphatic heterocycles. The van der Waals surface area contributed by atoms with E-state index in [4.69, 9.17) is 27.0 Å². The normalized spacial score (nSPS) is 23.7. The molecule has 0 aromatic heterocycles. The van der Waals surface area contributed by atoms with Crippen molar-refractivity contribution in [3.8, 4) is 0 Å². The Hall–Kier alpha value is -1.06. The molecule has 1 amide bonds. The Morgan fingerprint density at radius 1 is 1.67 bits per heavy atom. The highest BCUT2D eigenvalue weighted by Gasteiger charge is 2.10. The Morgan fingerprint density at radius 2 is 2.25 bits per heavy atom. The summed E-state index contributed by atoms with van der Waals surface area (Å²) in [5.41, 5.74) is 3.78. The molecule has 0 aliphatic carbocycles. The van der Waals surface area contributed by atoms with Crippen LogP contribution in [0.3, 0.4) is 0 Å². The summed E-state index contributed by atoms with van der Waals surface area (Å²) in [5, 5.41) is -0.480. The largest absolute Gasteiger partial charge is 0.368 e. The minimum absolute atomic E-state index is 0.381. The van der Waals surface area contributed by atoms with Gasteiger partial charge in [-0.2, -0.15) is 0 Å². The summed E-state index contributed by atoms with van der Waals surface area (Å²) in [4.78, 5) is 11.3. The molecule has 4 N–H and O–H groups in total. The van der Waals surface area contributed by atoms with Crippen molar-refractivity contribution in [2.24, 2.45) is 11.5 Å². The average molecular weight is 192 g/mol. The van der Waals surface area contributed by atoms with E-state index in [9.17, 15) is 4.79 Å². The van der Waals surface area contributed by atoms with Crippen LogP contribution in [0.4, 0.5) is 0 Å². The zero-order chi connectivity index (χ0) is 15.1. The molecule has 4 heteroatoms. The molecule has 1 atom stereocenters. The van der Waals surface area contributed by atoms with Crippen LogP contribution < -0.4 is 11.5 Å². The molecule has 0 fully saturated rings. The third-order valence-corrected chi connectivity index (χ3v) is 1.25. The van der Waals surface area contributed by atoms with Crippen LogP contribution in [0.15, 0.2) is 24.2 Å². The second kappa shape index (κ2) is 3.56. The molecule has 12 heavy (non-hydrogen) atoms. The summed E-state index contributed by atoms with van der Waals surface area (Å²) >= 11 is 5.57. The lowest BCUT2D eigenvalue weighted by atomic mass is 10.1. The highest BCUT2D eigenvalue weighted by atomic mass is 35.5. The topological polar surface area (TPSA) is 69.1 Å². The van der Waals surface area contributed by atoms with Crippen molar-refractivity contribution in [2.45, 2.75) is 6.02 Å². The minimum Gasteiger partial charge on any atom is -0.368 e. The maximum Gasteiger partial charge on any atom is 0.238 e. The van der Waals surface area contributed by atoms with E-state index in [2.05, 4.69) is 0 Å². The average Bonchev–Trinajstić information content (AvgIpc) is 2.33. The maximum atomic E-state index is 11.3. The standard InChI is InChI=1S/C8H9ClN2O/c9-6-3-1-5(2-4-6)7(10)8(11)12/h1-4,7H,10H2,(H2,11,12)/i1D,2D,3D,4D,7D/hD2. The first-order chi connectivity index (χ1) is 8.56. The number of rotatable bonds is 3. The van der Waals surface area contributed by atoms with E-state index in [1.807, 2.05) is 0 Å². The summed E-state index contributed by atoms with van der Waals surface area (Å²) in [7, 11) is 0. The van der Waals surface area contributed by atoms with Crippen LogP contribution >= 0.6 is 11.6 Å². The first-order valence-electron chi connectivity index (χ1n) is 6.30. The summed E-state index contributed by atoms with van der Waals surface area (Å²) in [5.74, 6) is -1.47. The van der Waals surface area contributed by atoms with Gasteiger partial charge in [-0.05, 0) is 17.6 Å². The number of carbonyl (C=O) groups is 1. The number of primary amides is 1. The van der Waals surface area contributed by atoms with Crippen molar-refractivity contribution in [1.82, 2.24) is 0 Å². The molecule has 0 saturated carbocycles. The van der Waals surface area contributed by atoms with Gasteiger partial charge in [-0.1, -0.05) is 23.7 Å². The number of nitrogens with two attached hydrogens (primary N) is 2. The highest BCUT2D eigenvalue weighted by molar-refractivity contribution is 6.30. The Labute approximate surface area is 85.3 Å². The molecule has 0 saturated heterocycles. The van der Waals surface area contributed by atoms with Gasteiger partial charge < -0.3 is 11.5 Å². The van der Waals surface area contributed by atoms with E-state index < -0.39 is 46.7 Å². The monoisotopic (exact) mass is 191 g/mol. The van der Waals surface area contributed by atoms with Crippen molar-refractivity contribution in [1.29, 1.82) is 0 Å². The molecule has 0 spiro atoms. The maximum absolute atomic E-state index is 11.3. The van der Waals surface area contributed by atoms with E-state index in [0.717, 1.165) is 0 Å². The predicted molar refractivity (Wildman–Crippen MR) is 47.6 cm³/mol. The van der Waals surface area contributed by atoms with Crippen LogP contribution in [0.2, 0.25) is 7.85 Å². The van der Waals surface area contributed by atoms with Crippen LogP contribution in [0.25, 0.3) is 0 Å². The van der Waals surface area contributed by atoms with Crippen LogP contribution in [0.1, 0.15) is 18.4 Å². The molecule has 64 valence electrons. The fourth-order valence-electron chi connectivity index (χ4n) is 0.539. The van der Waals surface area contributed by atoms with Gasteiger partial charge in [0.1, 0.15) is 8.84 Å². The zero-order valence-corrected chi connectivity index (χ0v) is 6.57. The van der Waals surface area contributed by atoms with Crippen molar-refractivity contribution < 1.29 is 14.5 Å². The second-order valence-corrected chi connectivity index (χ2v) is 2.28. The van der Waals surface area contributed by atoms with Crippen molar-refractivity contribution >= 4 is 17.5 Å². The summed E-state index contributed by atoms with van der Waals surface area (Å²) < 4.78 is 52.1. The Morgan fingerprint density at radius 3 is 2.67 bits per heavy atom. The number of amides is 1. The molecule has 0 radical (unpaired) electrons. The van der Waals surface area contributed by atoms with E-state index in [1.165, 1.54) is 0 Å². The number of carbonyl (C=O) groups excluding carboxylic acids is 1. The van der Waals surface area contributed by atoms with Gasteiger partial charge in [0, 0.05) is 5.02 Å². The Balaban J connectivity index is 3.82. The second-order valence-electron chi connectivity index (χ2n) is 1.90. The van der Waals surface area contributed by atoms with Gasteiger partial charge in [-0.3, -0.25) is 4.79 Å². The van der Waals surface area contributed by atoms with Gasteiger partial charge in [-0.25, -0.2) is 0 Å². The van der Waals surface area contributed by atoms with Gasteiger partial charge in [0.25, 0.3) is 0 Å². The first-order valence-corrected chi connectivity index (χ1v) is 3.28. The van der Waals surface area contributed by atoms with E-state index in [-0.39, 0.29) is 5.72 Å². The van der Waals surface area contributed by atoms with E-state index >= 15 is 0 Å². The smallest absolute Gasteiger partial charge is 0.238 e. The third kappa shape index (κ3) is 1.96. The van der Waals surface area contributed by atoms with Crippen LogP contribution in [0.5, 0.6) is 0 Å². The number of hydrogen-bond donors (Lipinski definition) is 2. The van der Waals surface area contributed by atoms with Crippen LogP contribution in [-0.2, 0) is 4.79 Å². The summed E-state index contributed by atoms with van der Waals surface area (Å²) in [6, 6.07) is -5.78. The van der Waals surface area contributed by atoms with Gasteiger partial charge in [0.15, 0.2) is 0 Å². The van der Waals surface area contributed by atoms with Gasteiger partial charge in [0.2, 0.25) is 5.91 Å². The predicted octanol–water partition coefficient (Wildman–Crippen LogP) is 0.825. The SMILES string of the molecule is [2H]c1c([2H])c(C([2H])(C(N)=O)N([2H])[2H])c([2H])c([2H])c1Cl. The molecule has 1 aromatic carbocycles. The number of halogens is 1. The summed E-state index contributed by atoms with van der Waals surface area (Å²) in [6.45, 7) is 0. The lowest BCUT2D eigenvalue weighted by Gasteiger charge is -2.06. The molecule has 1 unspecified atom stereocenters. The van der Waals surface area contributed by atoms with E-state index in [0.29, 0.717) is 0 Å². The van der Waals surface area contributed by atoms with Gasteiger partial charge >= 0.3 is 0 Å². The van der Waals surface area contributed by atoms with Crippen LogP contribution in [0, 0.1) is 0 Å². The zero-order valence-electron chi connectivity index (χ0n) is 12.8. The fourth-order valence-corrected chi connectivity index (χ4v) is 0.633. The first kappa shape index (κ1) is 3.36. The molecule has 1 rings (SSSR count). The lowest BCUT2D eigenvalue weighted by molar-refractivity contribution is -0.119. The molecule has 0 aliphatic rings. The summed E-state index contributed by atoms with van der Waals surface area (Å²) in [6.07, 6.45) is 0. The Kier molecular flexibility index (Phi) is 0.996. The minimum atomic E-state index is -2.87. The molecular formula is C8H9ClN2O. The quantitative estimate of drug-likeness (QED) is 0.743. The van der Waals surface area contributed by atoms with Crippen molar-refractivity contribution in [2.75, 3.05) is 0 Å². The molecule has 0 bridgehead atoms. The van der Waals surface area contributed by atoms with Crippen LogP contribution in [-0.4, -0.2) is 5.91 Å². The number of benzene rings is 1. The Bertz CT molecular complexity index is 523. The lowest BCUT2D eigenvalue weighted by Crippen LogP contribution is -2.28. The van der Waals surface area contributed by atoms with Gasteiger partial charge in [-0.15, -0.1) is 0 Å². The van der Waals surface area contributed by atoms with Crippen molar-refractivity contribution in [3.63, 3.8) is 0 Å². The number of hydrogen-bond acceptors (Lipinski definition) is 2. The molecule has 3 nitrogen and oxygen atoms in total.